The van der Waals surface area contributed by atoms with Crippen LogP contribution in [0.4, 0.5) is 24.5 Å². The standard InChI is InChI=1S/C18H21F3N2O2/c1-3-9-23(10-4-2)15-8-7-13(18(19,20)21)12-14(15)22-17(24)16-6-5-11-25-16/h5-8,11-12H,3-4,9-10H2,1-2H3,(H,22,24). The van der Waals surface area contributed by atoms with Crippen molar-refractivity contribution in [2.75, 3.05) is 23.3 Å². The van der Waals surface area contributed by atoms with E-state index in [1.807, 2.05) is 18.7 Å². The lowest BCUT2D eigenvalue weighted by atomic mass is 10.1. The van der Waals surface area contributed by atoms with Gasteiger partial charge < -0.3 is 14.6 Å². The zero-order chi connectivity index (χ0) is 18.4. The third kappa shape index (κ3) is 4.78. The number of furan rings is 1. The van der Waals surface area contributed by atoms with E-state index in [1.54, 1.807) is 6.07 Å². The summed E-state index contributed by atoms with van der Waals surface area (Å²) in [4.78, 5) is 14.2. The summed E-state index contributed by atoms with van der Waals surface area (Å²) in [6, 6.07) is 6.41. The topological polar surface area (TPSA) is 45.5 Å². The van der Waals surface area contributed by atoms with Crippen LogP contribution in [-0.2, 0) is 6.18 Å². The molecule has 1 amide bonds. The molecule has 1 heterocycles. The second kappa shape index (κ2) is 8.09. The number of carbonyl (C=O) groups excluding carboxylic acids is 1. The molecule has 0 unspecified atom stereocenters. The second-order valence-electron chi connectivity index (χ2n) is 5.65. The first-order valence-corrected chi connectivity index (χ1v) is 8.17. The maximum absolute atomic E-state index is 13.1. The number of carbonyl (C=O) groups is 1. The Bertz CT molecular complexity index is 691. The van der Waals surface area contributed by atoms with Crippen molar-refractivity contribution < 1.29 is 22.4 Å². The number of hydrogen-bond acceptors (Lipinski definition) is 3. The first-order valence-electron chi connectivity index (χ1n) is 8.17. The van der Waals surface area contributed by atoms with E-state index in [-0.39, 0.29) is 11.4 Å². The van der Waals surface area contributed by atoms with E-state index in [1.165, 1.54) is 18.4 Å². The number of nitrogens with zero attached hydrogens (tertiary/aromatic N) is 1. The normalized spacial score (nSPS) is 11.4. The van der Waals surface area contributed by atoms with Crippen molar-refractivity contribution in [1.82, 2.24) is 0 Å². The highest BCUT2D eigenvalue weighted by molar-refractivity contribution is 6.04. The molecule has 1 N–H and O–H groups in total. The average Bonchev–Trinajstić information content (AvgIpc) is 3.08. The Balaban J connectivity index is 2.41. The molecule has 1 aromatic carbocycles. The Hall–Kier alpha value is -2.44. The lowest BCUT2D eigenvalue weighted by Gasteiger charge is -2.27. The van der Waals surface area contributed by atoms with E-state index in [4.69, 9.17) is 4.42 Å². The summed E-state index contributed by atoms with van der Waals surface area (Å²) in [6.45, 7) is 5.35. The predicted octanol–water partition coefficient (Wildman–Crippen LogP) is 5.18. The van der Waals surface area contributed by atoms with Crippen LogP contribution in [0.1, 0.15) is 42.8 Å². The highest BCUT2D eigenvalue weighted by Gasteiger charge is 2.31. The number of anilines is 2. The van der Waals surface area contributed by atoms with Crippen molar-refractivity contribution in [3.05, 3.63) is 47.9 Å². The second-order valence-corrected chi connectivity index (χ2v) is 5.65. The summed E-state index contributed by atoms with van der Waals surface area (Å²) < 4.78 is 44.2. The van der Waals surface area contributed by atoms with Gasteiger partial charge in [0.25, 0.3) is 5.91 Å². The number of rotatable bonds is 7. The molecule has 4 nitrogen and oxygen atoms in total. The molecule has 0 aliphatic carbocycles. The number of alkyl halides is 3. The molecule has 1 aromatic heterocycles. The minimum absolute atomic E-state index is 0.0425. The van der Waals surface area contributed by atoms with Gasteiger partial charge in [-0.2, -0.15) is 13.2 Å². The van der Waals surface area contributed by atoms with Crippen molar-refractivity contribution >= 4 is 17.3 Å². The molecule has 2 rings (SSSR count). The van der Waals surface area contributed by atoms with Gasteiger partial charge >= 0.3 is 6.18 Å². The Morgan fingerprint density at radius 3 is 2.36 bits per heavy atom. The minimum Gasteiger partial charge on any atom is -0.459 e. The van der Waals surface area contributed by atoms with E-state index < -0.39 is 17.6 Å². The van der Waals surface area contributed by atoms with Crippen molar-refractivity contribution in [2.24, 2.45) is 0 Å². The quantitative estimate of drug-likeness (QED) is 0.745. The molecule has 0 saturated carbocycles. The van der Waals surface area contributed by atoms with E-state index in [0.717, 1.165) is 25.0 Å². The Morgan fingerprint density at radius 1 is 1.16 bits per heavy atom. The lowest BCUT2D eigenvalue weighted by Crippen LogP contribution is -2.27. The summed E-state index contributed by atoms with van der Waals surface area (Å²) >= 11 is 0. The third-order valence-electron chi connectivity index (χ3n) is 3.64. The molecule has 136 valence electrons. The van der Waals surface area contributed by atoms with Gasteiger partial charge in [0.2, 0.25) is 0 Å². The molecule has 0 saturated heterocycles. The molecule has 0 bridgehead atoms. The van der Waals surface area contributed by atoms with E-state index in [0.29, 0.717) is 18.8 Å². The Morgan fingerprint density at radius 2 is 1.84 bits per heavy atom. The molecule has 0 aliphatic heterocycles. The smallest absolute Gasteiger partial charge is 0.416 e. The Kier molecular flexibility index (Phi) is 6.12. The zero-order valence-corrected chi connectivity index (χ0v) is 14.2. The maximum Gasteiger partial charge on any atom is 0.416 e. The monoisotopic (exact) mass is 354 g/mol. The number of hydrogen-bond donors (Lipinski definition) is 1. The van der Waals surface area contributed by atoms with Crippen LogP contribution in [-0.4, -0.2) is 19.0 Å². The zero-order valence-electron chi connectivity index (χ0n) is 14.2. The first kappa shape index (κ1) is 18.9. The first-order chi connectivity index (χ1) is 11.9. The molecule has 25 heavy (non-hydrogen) atoms. The molecule has 0 aliphatic rings. The van der Waals surface area contributed by atoms with E-state index in [2.05, 4.69) is 5.32 Å². The summed E-state index contributed by atoms with van der Waals surface area (Å²) in [5.74, 6) is -0.542. The molecule has 0 spiro atoms. The van der Waals surface area contributed by atoms with Crippen LogP contribution in [0.25, 0.3) is 0 Å². The lowest BCUT2D eigenvalue weighted by molar-refractivity contribution is -0.137. The predicted molar refractivity (Wildman–Crippen MR) is 90.9 cm³/mol. The van der Waals surface area contributed by atoms with Crippen LogP contribution in [0, 0.1) is 0 Å². The Labute approximate surface area is 144 Å². The maximum atomic E-state index is 13.1. The molecular formula is C18H21F3N2O2. The number of halogens is 3. The highest BCUT2D eigenvalue weighted by Crippen LogP contribution is 2.36. The van der Waals surface area contributed by atoms with Gasteiger partial charge in [-0.25, -0.2) is 0 Å². The largest absolute Gasteiger partial charge is 0.459 e. The highest BCUT2D eigenvalue weighted by atomic mass is 19.4. The fourth-order valence-electron chi connectivity index (χ4n) is 2.57. The summed E-state index contributed by atoms with van der Waals surface area (Å²) in [5.41, 5.74) is -0.117. The number of nitrogens with one attached hydrogen (secondary N) is 1. The van der Waals surface area contributed by atoms with Gasteiger partial charge in [-0.3, -0.25) is 4.79 Å². The van der Waals surface area contributed by atoms with E-state index >= 15 is 0 Å². The van der Waals surface area contributed by atoms with Crippen molar-refractivity contribution in [2.45, 2.75) is 32.9 Å². The average molecular weight is 354 g/mol. The number of amides is 1. The molecule has 2 aromatic rings. The van der Waals surface area contributed by atoms with Crippen LogP contribution in [0.15, 0.2) is 41.0 Å². The summed E-state index contributed by atoms with van der Waals surface area (Å²) in [5, 5.41) is 2.55. The molecule has 0 radical (unpaired) electrons. The molecule has 7 heteroatoms. The van der Waals surface area contributed by atoms with Gasteiger partial charge in [0.1, 0.15) is 0 Å². The van der Waals surface area contributed by atoms with Crippen molar-refractivity contribution in [3.63, 3.8) is 0 Å². The van der Waals surface area contributed by atoms with E-state index in [9.17, 15) is 18.0 Å². The molecular weight excluding hydrogens is 333 g/mol. The van der Waals surface area contributed by atoms with Crippen LogP contribution >= 0.6 is 0 Å². The minimum atomic E-state index is -4.48. The van der Waals surface area contributed by atoms with Gasteiger partial charge in [0.15, 0.2) is 5.76 Å². The molecule has 0 atom stereocenters. The summed E-state index contributed by atoms with van der Waals surface area (Å²) in [7, 11) is 0. The van der Waals surface area contributed by atoms with Crippen LogP contribution < -0.4 is 10.2 Å². The van der Waals surface area contributed by atoms with Crippen LogP contribution in [0.5, 0.6) is 0 Å². The number of benzene rings is 1. The fraction of sp³-hybridized carbons (Fsp3) is 0.389. The van der Waals surface area contributed by atoms with Crippen molar-refractivity contribution in [3.8, 4) is 0 Å². The molecule has 0 fully saturated rings. The van der Waals surface area contributed by atoms with Gasteiger partial charge in [-0.1, -0.05) is 13.8 Å². The van der Waals surface area contributed by atoms with Gasteiger partial charge in [-0.05, 0) is 43.2 Å². The van der Waals surface area contributed by atoms with Crippen LogP contribution in [0.2, 0.25) is 0 Å². The third-order valence-corrected chi connectivity index (χ3v) is 3.64. The van der Waals surface area contributed by atoms with Crippen molar-refractivity contribution in [1.29, 1.82) is 0 Å². The van der Waals surface area contributed by atoms with Gasteiger partial charge in [0, 0.05) is 13.1 Å². The van der Waals surface area contributed by atoms with Gasteiger partial charge in [-0.15, -0.1) is 0 Å². The SMILES string of the molecule is CCCN(CCC)c1ccc(C(F)(F)F)cc1NC(=O)c1ccco1. The fourth-order valence-corrected chi connectivity index (χ4v) is 2.57. The summed E-state index contributed by atoms with van der Waals surface area (Å²) in [6.07, 6.45) is -1.47. The van der Waals surface area contributed by atoms with Gasteiger partial charge in [0.05, 0.1) is 23.2 Å². The van der Waals surface area contributed by atoms with Crippen LogP contribution in [0.3, 0.4) is 0 Å².